The van der Waals surface area contributed by atoms with Gasteiger partial charge in [-0.2, -0.15) is 0 Å². The van der Waals surface area contributed by atoms with Gasteiger partial charge in [0.1, 0.15) is 18.1 Å². The summed E-state index contributed by atoms with van der Waals surface area (Å²) in [6.07, 6.45) is -0.329. The maximum atomic E-state index is 13.0. The van der Waals surface area contributed by atoms with Gasteiger partial charge >= 0.3 is 6.09 Å². The van der Waals surface area contributed by atoms with Crippen LogP contribution in [0.4, 0.5) is 4.79 Å². The maximum Gasteiger partial charge on any atom is 0.409 e. The summed E-state index contributed by atoms with van der Waals surface area (Å²) < 4.78 is 16.4. The van der Waals surface area contributed by atoms with Crippen molar-refractivity contribution < 1.29 is 23.8 Å². The molecule has 3 rings (SSSR count). The van der Waals surface area contributed by atoms with E-state index in [2.05, 4.69) is 6.92 Å². The Labute approximate surface area is 183 Å². The van der Waals surface area contributed by atoms with Gasteiger partial charge in [0.25, 0.3) is 5.91 Å². The molecule has 1 fully saturated rings. The Hall–Kier alpha value is -3.22. The zero-order chi connectivity index (χ0) is 22.4. The third kappa shape index (κ3) is 5.48. The topological polar surface area (TPSA) is 68.3 Å². The molecular weight excluding hydrogens is 396 g/mol. The van der Waals surface area contributed by atoms with E-state index < -0.39 is 0 Å². The SMILES string of the molecule is CCOC(=O)N1CCN(C(=O)c2ccc(OC)c(COc3ccc(C)c(C)c3)c2)CC1. The van der Waals surface area contributed by atoms with E-state index in [1.165, 1.54) is 5.56 Å². The second-order valence-corrected chi connectivity index (χ2v) is 7.54. The molecule has 0 aliphatic carbocycles. The number of carbonyl (C=O) groups is 2. The standard InChI is InChI=1S/C24H30N2O5/c1-5-30-24(28)26-12-10-25(11-13-26)23(27)19-7-9-22(29-4)20(15-19)16-31-21-8-6-17(2)18(3)14-21/h6-9,14-15H,5,10-13,16H2,1-4H3. The fourth-order valence-electron chi connectivity index (χ4n) is 3.48. The van der Waals surface area contributed by atoms with Crippen molar-refractivity contribution in [2.45, 2.75) is 27.4 Å². The van der Waals surface area contributed by atoms with Crippen LogP contribution in [-0.4, -0.2) is 61.7 Å². The van der Waals surface area contributed by atoms with Crippen molar-refractivity contribution in [2.24, 2.45) is 0 Å². The van der Waals surface area contributed by atoms with Crippen LogP contribution >= 0.6 is 0 Å². The van der Waals surface area contributed by atoms with Crippen molar-refractivity contribution in [3.63, 3.8) is 0 Å². The summed E-state index contributed by atoms with van der Waals surface area (Å²) in [6.45, 7) is 8.39. The highest BCUT2D eigenvalue weighted by Gasteiger charge is 2.26. The van der Waals surface area contributed by atoms with E-state index >= 15 is 0 Å². The Morgan fingerprint density at radius 2 is 1.65 bits per heavy atom. The lowest BCUT2D eigenvalue weighted by Crippen LogP contribution is -2.50. The van der Waals surface area contributed by atoms with Crippen molar-refractivity contribution in [1.82, 2.24) is 9.80 Å². The van der Waals surface area contributed by atoms with E-state index in [-0.39, 0.29) is 12.0 Å². The number of carbonyl (C=O) groups excluding carboxylic acids is 2. The van der Waals surface area contributed by atoms with E-state index in [0.717, 1.165) is 16.9 Å². The van der Waals surface area contributed by atoms with Gasteiger partial charge in [0.15, 0.2) is 0 Å². The molecule has 0 atom stereocenters. The number of aryl methyl sites for hydroxylation is 2. The van der Waals surface area contributed by atoms with Gasteiger partial charge in [-0.15, -0.1) is 0 Å². The number of amides is 2. The van der Waals surface area contributed by atoms with Crippen LogP contribution in [0.15, 0.2) is 36.4 Å². The molecule has 7 nitrogen and oxygen atoms in total. The first kappa shape index (κ1) is 22.5. The van der Waals surface area contributed by atoms with Crippen LogP contribution in [0.2, 0.25) is 0 Å². The molecule has 1 aliphatic rings. The number of methoxy groups -OCH3 is 1. The third-order valence-electron chi connectivity index (χ3n) is 5.49. The molecule has 0 radical (unpaired) electrons. The van der Waals surface area contributed by atoms with Crippen LogP contribution in [0.3, 0.4) is 0 Å². The van der Waals surface area contributed by atoms with Crippen molar-refractivity contribution in [2.75, 3.05) is 39.9 Å². The van der Waals surface area contributed by atoms with Crippen molar-refractivity contribution in [1.29, 1.82) is 0 Å². The average Bonchev–Trinajstić information content (AvgIpc) is 2.79. The fraction of sp³-hybridized carbons (Fsp3) is 0.417. The van der Waals surface area contributed by atoms with E-state index in [9.17, 15) is 9.59 Å². The van der Waals surface area contributed by atoms with Crippen molar-refractivity contribution in [3.05, 3.63) is 58.7 Å². The van der Waals surface area contributed by atoms with E-state index in [0.29, 0.717) is 50.7 Å². The van der Waals surface area contributed by atoms with Crippen molar-refractivity contribution in [3.8, 4) is 11.5 Å². The predicted octanol–water partition coefficient (Wildman–Crippen LogP) is 3.81. The number of nitrogens with zero attached hydrogens (tertiary/aromatic N) is 2. The molecule has 0 saturated carbocycles. The monoisotopic (exact) mass is 426 g/mol. The summed E-state index contributed by atoms with van der Waals surface area (Å²) in [5, 5.41) is 0. The molecule has 1 aliphatic heterocycles. The lowest BCUT2D eigenvalue weighted by Gasteiger charge is -2.34. The molecule has 2 amide bonds. The Bertz CT molecular complexity index is 936. The normalized spacial score (nSPS) is 13.7. The highest BCUT2D eigenvalue weighted by atomic mass is 16.6. The first-order chi connectivity index (χ1) is 14.9. The number of benzene rings is 2. The van der Waals surface area contributed by atoms with Gasteiger partial charge < -0.3 is 24.0 Å². The van der Waals surface area contributed by atoms with E-state index in [1.54, 1.807) is 36.0 Å². The number of ether oxygens (including phenoxy) is 3. The van der Waals surface area contributed by atoms with E-state index in [4.69, 9.17) is 14.2 Å². The Morgan fingerprint density at radius 3 is 2.29 bits per heavy atom. The molecule has 0 aromatic heterocycles. The maximum absolute atomic E-state index is 13.0. The first-order valence-corrected chi connectivity index (χ1v) is 10.5. The Morgan fingerprint density at radius 1 is 0.935 bits per heavy atom. The van der Waals surface area contributed by atoms with Gasteiger partial charge in [-0.1, -0.05) is 6.07 Å². The highest BCUT2D eigenvalue weighted by Crippen LogP contribution is 2.24. The summed E-state index contributed by atoms with van der Waals surface area (Å²) >= 11 is 0. The van der Waals surface area contributed by atoms with Gasteiger partial charge in [0.05, 0.1) is 13.7 Å². The summed E-state index contributed by atoms with van der Waals surface area (Å²) in [4.78, 5) is 28.3. The lowest BCUT2D eigenvalue weighted by atomic mass is 10.1. The third-order valence-corrected chi connectivity index (χ3v) is 5.49. The Kier molecular flexibility index (Phi) is 7.39. The fourth-order valence-corrected chi connectivity index (χ4v) is 3.48. The summed E-state index contributed by atoms with van der Waals surface area (Å²) in [6, 6.07) is 11.3. The molecule has 1 saturated heterocycles. The molecule has 7 heteroatoms. The zero-order valence-corrected chi connectivity index (χ0v) is 18.6. The average molecular weight is 427 g/mol. The number of piperazine rings is 1. The second-order valence-electron chi connectivity index (χ2n) is 7.54. The molecule has 0 N–H and O–H groups in total. The number of hydrogen-bond acceptors (Lipinski definition) is 5. The van der Waals surface area contributed by atoms with Gasteiger partial charge in [-0.25, -0.2) is 4.79 Å². The van der Waals surface area contributed by atoms with Gasteiger partial charge in [-0.05, 0) is 62.2 Å². The number of rotatable bonds is 6. The van der Waals surface area contributed by atoms with Crippen LogP contribution in [0.25, 0.3) is 0 Å². The molecule has 2 aromatic carbocycles. The summed E-state index contributed by atoms with van der Waals surface area (Å²) in [5.41, 5.74) is 3.75. The Balaban J connectivity index is 1.67. The van der Waals surface area contributed by atoms with Crippen LogP contribution in [-0.2, 0) is 11.3 Å². The minimum absolute atomic E-state index is 0.0707. The second kappa shape index (κ2) is 10.2. The summed E-state index contributed by atoms with van der Waals surface area (Å²) in [7, 11) is 1.60. The van der Waals surface area contributed by atoms with Crippen LogP contribution < -0.4 is 9.47 Å². The molecule has 0 spiro atoms. The molecule has 2 aromatic rings. The lowest BCUT2D eigenvalue weighted by molar-refractivity contribution is 0.0570. The molecule has 1 heterocycles. The van der Waals surface area contributed by atoms with Gasteiger partial charge in [0.2, 0.25) is 0 Å². The van der Waals surface area contributed by atoms with E-state index in [1.807, 2.05) is 31.2 Å². The highest BCUT2D eigenvalue weighted by molar-refractivity contribution is 5.94. The van der Waals surface area contributed by atoms with Crippen molar-refractivity contribution >= 4 is 12.0 Å². The number of hydrogen-bond donors (Lipinski definition) is 0. The van der Waals surface area contributed by atoms with Gasteiger partial charge in [0, 0.05) is 37.3 Å². The molecule has 31 heavy (non-hydrogen) atoms. The minimum atomic E-state index is -0.329. The quantitative estimate of drug-likeness (QED) is 0.703. The largest absolute Gasteiger partial charge is 0.496 e. The minimum Gasteiger partial charge on any atom is -0.496 e. The molecule has 0 bridgehead atoms. The molecular formula is C24H30N2O5. The first-order valence-electron chi connectivity index (χ1n) is 10.5. The van der Waals surface area contributed by atoms with Crippen LogP contribution in [0.1, 0.15) is 34.0 Å². The summed E-state index contributed by atoms with van der Waals surface area (Å²) in [5.74, 6) is 1.38. The smallest absolute Gasteiger partial charge is 0.409 e. The van der Waals surface area contributed by atoms with Crippen LogP contribution in [0.5, 0.6) is 11.5 Å². The zero-order valence-electron chi connectivity index (χ0n) is 18.6. The molecule has 166 valence electrons. The molecule has 0 unspecified atom stereocenters. The van der Waals surface area contributed by atoms with Crippen LogP contribution in [0, 0.1) is 13.8 Å². The predicted molar refractivity (Wildman–Crippen MR) is 118 cm³/mol. The van der Waals surface area contributed by atoms with Gasteiger partial charge in [-0.3, -0.25) is 4.79 Å².